The maximum atomic E-state index is 10.5. The Morgan fingerprint density at radius 1 is 1.36 bits per heavy atom. The zero-order chi connectivity index (χ0) is 9.80. The van der Waals surface area contributed by atoms with Crippen LogP contribution in [-0.4, -0.2) is 31.0 Å². The summed E-state index contributed by atoms with van der Waals surface area (Å²) >= 11 is 0. The van der Waals surface area contributed by atoms with E-state index in [4.69, 9.17) is 4.74 Å². The predicted molar refractivity (Wildman–Crippen MR) is 52.4 cm³/mol. The molecular formula is C11H12NO2. The van der Waals surface area contributed by atoms with Crippen molar-refractivity contribution in [3.05, 3.63) is 35.9 Å². The van der Waals surface area contributed by atoms with Crippen molar-refractivity contribution in [3.8, 4) is 0 Å². The van der Waals surface area contributed by atoms with Gasteiger partial charge in [0.1, 0.15) is 6.10 Å². The van der Waals surface area contributed by atoms with Gasteiger partial charge in [-0.15, -0.1) is 0 Å². The van der Waals surface area contributed by atoms with Crippen LogP contribution in [0.15, 0.2) is 30.3 Å². The van der Waals surface area contributed by atoms with Crippen molar-refractivity contribution in [2.45, 2.75) is 6.10 Å². The topological polar surface area (TPSA) is 29.5 Å². The van der Waals surface area contributed by atoms with Crippen molar-refractivity contribution in [1.82, 2.24) is 4.90 Å². The zero-order valence-electron chi connectivity index (χ0n) is 7.85. The molecule has 0 bridgehead atoms. The van der Waals surface area contributed by atoms with Crippen LogP contribution in [0.2, 0.25) is 0 Å². The minimum absolute atomic E-state index is 0.00593. The number of hydrogen-bond donors (Lipinski definition) is 0. The Labute approximate surface area is 83.3 Å². The second-order valence-corrected chi connectivity index (χ2v) is 3.31. The summed E-state index contributed by atoms with van der Waals surface area (Å²) in [6.07, 6.45) is 1.91. The van der Waals surface area contributed by atoms with Crippen LogP contribution < -0.4 is 0 Å². The van der Waals surface area contributed by atoms with Gasteiger partial charge in [0, 0.05) is 6.54 Å². The fourth-order valence-corrected chi connectivity index (χ4v) is 1.60. The molecular weight excluding hydrogens is 178 g/mol. The highest BCUT2D eigenvalue weighted by molar-refractivity contribution is 5.48. The van der Waals surface area contributed by atoms with Gasteiger partial charge in [0.25, 0.3) is 0 Å². The molecule has 3 heteroatoms. The van der Waals surface area contributed by atoms with Gasteiger partial charge in [0.05, 0.1) is 13.2 Å². The SMILES string of the molecule is O=[C]N1CCOC(c2ccccc2)C1. The van der Waals surface area contributed by atoms with Crippen molar-refractivity contribution >= 4 is 6.41 Å². The van der Waals surface area contributed by atoms with Crippen LogP contribution in [0.4, 0.5) is 0 Å². The van der Waals surface area contributed by atoms with Gasteiger partial charge in [-0.2, -0.15) is 0 Å². The standard InChI is InChI=1S/C11H12NO2/c13-9-12-6-7-14-11(8-12)10-4-2-1-3-5-10/h1-5,11H,6-8H2. The molecule has 1 aromatic carbocycles. The van der Waals surface area contributed by atoms with E-state index >= 15 is 0 Å². The second kappa shape index (κ2) is 4.24. The van der Waals surface area contributed by atoms with E-state index in [1.165, 1.54) is 0 Å². The highest BCUT2D eigenvalue weighted by Crippen LogP contribution is 2.20. The minimum Gasteiger partial charge on any atom is -0.370 e. The number of carbonyl (C=O) groups excluding carboxylic acids is 1. The third-order valence-corrected chi connectivity index (χ3v) is 2.37. The van der Waals surface area contributed by atoms with Crippen molar-refractivity contribution in [1.29, 1.82) is 0 Å². The summed E-state index contributed by atoms with van der Waals surface area (Å²) in [6.45, 7) is 1.84. The normalized spacial score (nSPS) is 22.0. The van der Waals surface area contributed by atoms with E-state index in [1.54, 1.807) is 4.90 Å². The van der Waals surface area contributed by atoms with E-state index < -0.39 is 0 Å². The van der Waals surface area contributed by atoms with E-state index in [2.05, 4.69) is 0 Å². The van der Waals surface area contributed by atoms with Gasteiger partial charge in [-0.25, -0.2) is 0 Å². The van der Waals surface area contributed by atoms with Crippen molar-refractivity contribution in [2.24, 2.45) is 0 Å². The van der Waals surface area contributed by atoms with Gasteiger partial charge < -0.3 is 9.64 Å². The predicted octanol–water partition coefficient (Wildman–Crippen LogP) is 1.13. The smallest absolute Gasteiger partial charge is 0.312 e. The molecule has 0 aromatic heterocycles. The van der Waals surface area contributed by atoms with Crippen molar-refractivity contribution in [3.63, 3.8) is 0 Å². The number of ether oxygens (including phenoxy) is 1. The summed E-state index contributed by atoms with van der Waals surface area (Å²) in [5, 5.41) is 0. The summed E-state index contributed by atoms with van der Waals surface area (Å²) in [5.74, 6) is 0. The molecule has 0 N–H and O–H groups in total. The third kappa shape index (κ3) is 1.93. The number of morpholine rings is 1. The molecule has 1 aromatic rings. The van der Waals surface area contributed by atoms with Crippen LogP contribution in [0.5, 0.6) is 0 Å². The van der Waals surface area contributed by atoms with Crippen molar-refractivity contribution in [2.75, 3.05) is 19.7 Å². The van der Waals surface area contributed by atoms with Gasteiger partial charge in [-0.1, -0.05) is 30.3 Å². The molecule has 3 nitrogen and oxygen atoms in total. The molecule has 1 saturated heterocycles. The highest BCUT2D eigenvalue weighted by Gasteiger charge is 2.20. The summed E-state index contributed by atoms with van der Waals surface area (Å²) in [4.78, 5) is 12.1. The Bertz CT molecular complexity index is 299. The Balaban J connectivity index is 2.08. The van der Waals surface area contributed by atoms with E-state index in [1.807, 2.05) is 36.7 Å². The van der Waals surface area contributed by atoms with Crippen LogP contribution in [0, 0.1) is 0 Å². The van der Waals surface area contributed by atoms with Gasteiger partial charge in [-0.3, -0.25) is 4.79 Å². The molecule has 1 aliphatic rings. The Hall–Kier alpha value is -1.35. The minimum atomic E-state index is 0.00593. The lowest BCUT2D eigenvalue weighted by atomic mass is 10.1. The largest absolute Gasteiger partial charge is 0.370 e. The van der Waals surface area contributed by atoms with Gasteiger partial charge >= 0.3 is 6.41 Å². The third-order valence-electron chi connectivity index (χ3n) is 2.37. The molecule has 1 amide bonds. The molecule has 2 rings (SSSR count). The lowest BCUT2D eigenvalue weighted by Gasteiger charge is -2.29. The summed E-state index contributed by atoms with van der Waals surface area (Å²) in [5.41, 5.74) is 1.12. The quantitative estimate of drug-likeness (QED) is 0.699. The first-order valence-electron chi connectivity index (χ1n) is 4.69. The molecule has 0 spiro atoms. The maximum absolute atomic E-state index is 10.5. The molecule has 1 radical (unpaired) electrons. The fraction of sp³-hybridized carbons (Fsp3) is 0.364. The second-order valence-electron chi connectivity index (χ2n) is 3.31. The Morgan fingerprint density at radius 3 is 2.86 bits per heavy atom. The number of nitrogens with zero attached hydrogens (tertiary/aromatic N) is 1. The lowest BCUT2D eigenvalue weighted by molar-refractivity contribution is -0.00750. The Morgan fingerprint density at radius 2 is 2.14 bits per heavy atom. The highest BCUT2D eigenvalue weighted by atomic mass is 16.5. The van der Waals surface area contributed by atoms with Gasteiger partial charge in [-0.05, 0) is 5.56 Å². The number of benzene rings is 1. The lowest BCUT2D eigenvalue weighted by Crippen LogP contribution is -2.37. The van der Waals surface area contributed by atoms with Gasteiger partial charge in [0.2, 0.25) is 0 Å². The summed E-state index contributed by atoms with van der Waals surface area (Å²) in [6, 6.07) is 9.94. The molecule has 1 aliphatic heterocycles. The zero-order valence-corrected chi connectivity index (χ0v) is 7.85. The average molecular weight is 190 g/mol. The molecule has 0 aliphatic carbocycles. The van der Waals surface area contributed by atoms with E-state index in [0.717, 1.165) is 5.56 Å². The molecule has 1 unspecified atom stereocenters. The average Bonchev–Trinajstić information content (AvgIpc) is 2.30. The van der Waals surface area contributed by atoms with E-state index in [-0.39, 0.29) is 6.10 Å². The van der Waals surface area contributed by atoms with E-state index in [0.29, 0.717) is 19.7 Å². The molecule has 1 heterocycles. The summed E-state index contributed by atoms with van der Waals surface area (Å²) < 4.78 is 5.58. The van der Waals surface area contributed by atoms with Crippen molar-refractivity contribution < 1.29 is 9.53 Å². The van der Waals surface area contributed by atoms with E-state index in [9.17, 15) is 4.79 Å². The van der Waals surface area contributed by atoms with Crippen LogP contribution in [0.1, 0.15) is 11.7 Å². The van der Waals surface area contributed by atoms with Crippen LogP contribution in [0.3, 0.4) is 0 Å². The first kappa shape index (κ1) is 9.21. The number of rotatable bonds is 2. The van der Waals surface area contributed by atoms with Crippen LogP contribution >= 0.6 is 0 Å². The van der Waals surface area contributed by atoms with Crippen LogP contribution in [0.25, 0.3) is 0 Å². The number of hydrogen-bond acceptors (Lipinski definition) is 2. The molecule has 0 saturated carbocycles. The van der Waals surface area contributed by atoms with Crippen LogP contribution in [-0.2, 0) is 9.53 Å². The first-order chi connectivity index (χ1) is 6.90. The monoisotopic (exact) mass is 190 g/mol. The maximum Gasteiger partial charge on any atom is 0.312 e. The molecule has 1 fully saturated rings. The fourth-order valence-electron chi connectivity index (χ4n) is 1.60. The number of amides is 1. The molecule has 1 atom stereocenters. The Kier molecular flexibility index (Phi) is 2.79. The molecule has 14 heavy (non-hydrogen) atoms. The van der Waals surface area contributed by atoms with Gasteiger partial charge in [0.15, 0.2) is 0 Å². The summed E-state index contributed by atoms with van der Waals surface area (Å²) in [7, 11) is 0. The molecule has 73 valence electrons. The first-order valence-corrected chi connectivity index (χ1v) is 4.69.